The van der Waals surface area contributed by atoms with Crippen molar-refractivity contribution in [3.63, 3.8) is 0 Å². The van der Waals surface area contributed by atoms with Crippen molar-refractivity contribution in [2.24, 2.45) is 15.6 Å². The molecule has 0 spiro atoms. The van der Waals surface area contributed by atoms with Gasteiger partial charge in [-0.05, 0) is 5.41 Å². The van der Waals surface area contributed by atoms with Crippen LogP contribution in [0.4, 0.5) is 0 Å². The predicted molar refractivity (Wildman–Crippen MR) is 44.6 cm³/mol. The summed E-state index contributed by atoms with van der Waals surface area (Å²) in [5.41, 5.74) is 0.194. The van der Waals surface area contributed by atoms with E-state index in [4.69, 9.17) is 4.74 Å². The Morgan fingerprint density at radius 3 is 2.73 bits per heavy atom. The molecule has 60 valence electrons. The summed E-state index contributed by atoms with van der Waals surface area (Å²) in [6.45, 7) is 6.38. The van der Waals surface area contributed by atoms with Crippen LogP contribution < -0.4 is 0 Å². The Hall–Kier alpha value is -1.08. The minimum Gasteiger partial charge on any atom is -0.439 e. The molecule has 0 atom stereocenters. The molecule has 0 aromatic rings. The number of rotatable bonds is 1. The Morgan fingerprint density at radius 1 is 1.55 bits per heavy atom. The van der Waals surface area contributed by atoms with Gasteiger partial charge in [0.05, 0.1) is 0 Å². The summed E-state index contributed by atoms with van der Waals surface area (Å²) in [5.74, 6) is 3.15. The van der Waals surface area contributed by atoms with Crippen LogP contribution in [0.2, 0.25) is 0 Å². The zero-order valence-corrected chi connectivity index (χ0v) is 7.09. The Bertz CT molecular complexity index is 229. The van der Waals surface area contributed by atoms with Crippen molar-refractivity contribution >= 4 is 11.8 Å². The van der Waals surface area contributed by atoms with Gasteiger partial charge in [-0.1, -0.05) is 25.9 Å². The Balaban J connectivity index is 2.53. The highest BCUT2D eigenvalue weighted by molar-refractivity contribution is 5.79. The molecule has 1 aliphatic heterocycles. The van der Waals surface area contributed by atoms with Gasteiger partial charge in [0, 0.05) is 12.3 Å². The second-order valence-electron chi connectivity index (χ2n) is 3.70. The quantitative estimate of drug-likeness (QED) is 0.565. The molecule has 0 radical (unpaired) electrons. The predicted octanol–water partition coefficient (Wildman–Crippen LogP) is 1.95. The van der Waals surface area contributed by atoms with Crippen LogP contribution in [0.1, 0.15) is 27.2 Å². The number of hydrogen-bond acceptors (Lipinski definition) is 3. The monoisotopic (exact) mass is 152 g/mol. The molecule has 0 aliphatic carbocycles. The van der Waals surface area contributed by atoms with Crippen molar-refractivity contribution in [3.8, 4) is 0 Å². The molecule has 0 saturated carbocycles. The summed E-state index contributed by atoms with van der Waals surface area (Å²) in [6, 6.07) is 0. The molecule has 0 aromatic carbocycles. The molecule has 1 rings (SSSR count). The summed E-state index contributed by atoms with van der Waals surface area (Å²) in [6.07, 6.45) is 2.22. The van der Waals surface area contributed by atoms with Crippen molar-refractivity contribution in [1.29, 1.82) is 0 Å². The minimum atomic E-state index is 0.194. The average molecular weight is 152 g/mol. The van der Waals surface area contributed by atoms with E-state index in [9.17, 15) is 0 Å². The lowest BCUT2D eigenvalue weighted by Gasteiger charge is -2.17. The van der Waals surface area contributed by atoms with E-state index in [1.54, 1.807) is 0 Å². The summed E-state index contributed by atoms with van der Waals surface area (Å²) in [4.78, 5) is 0. The van der Waals surface area contributed by atoms with Crippen LogP contribution in [0, 0.1) is 5.41 Å². The van der Waals surface area contributed by atoms with Crippen molar-refractivity contribution in [3.05, 3.63) is 6.26 Å². The van der Waals surface area contributed by atoms with Crippen LogP contribution in [0.25, 0.3) is 0 Å². The fourth-order valence-corrected chi connectivity index (χ4v) is 0.757. The van der Waals surface area contributed by atoms with Crippen molar-refractivity contribution < 1.29 is 4.74 Å². The van der Waals surface area contributed by atoms with E-state index in [1.165, 1.54) is 6.26 Å². The molecule has 0 N–H and O–H groups in total. The normalized spacial score (nSPS) is 16.1. The molecule has 0 unspecified atom stereocenters. The van der Waals surface area contributed by atoms with Gasteiger partial charge in [-0.2, -0.15) is 0 Å². The molecule has 1 heterocycles. The molecule has 0 fully saturated rings. The maximum absolute atomic E-state index is 5.07. The van der Waals surface area contributed by atoms with Crippen LogP contribution >= 0.6 is 0 Å². The van der Waals surface area contributed by atoms with E-state index in [1.807, 2.05) is 0 Å². The molecular weight excluding hydrogens is 140 g/mol. The SMILES string of the molecule is CC(C)(C)CC1=NN=C=CO1. The second-order valence-corrected chi connectivity index (χ2v) is 3.70. The first-order chi connectivity index (χ1) is 5.08. The smallest absolute Gasteiger partial charge is 0.216 e. The summed E-state index contributed by atoms with van der Waals surface area (Å²) in [7, 11) is 0. The standard InChI is InChI=1S/C8H12N2O/c1-8(2,3)6-7-10-9-4-5-11-7/h5H,6H2,1-3H3. The van der Waals surface area contributed by atoms with Gasteiger partial charge in [0.2, 0.25) is 5.90 Å². The average Bonchev–Trinajstić information content (AvgIpc) is 1.85. The fraction of sp³-hybridized carbons (Fsp3) is 0.625. The van der Waals surface area contributed by atoms with Gasteiger partial charge in [-0.15, -0.1) is 5.10 Å². The summed E-state index contributed by atoms with van der Waals surface area (Å²) in [5, 5.41) is 7.39. The van der Waals surface area contributed by atoms with Gasteiger partial charge < -0.3 is 4.74 Å². The zero-order valence-electron chi connectivity index (χ0n) is 7.09. The lowest BCUT2D eigenvalue weighted by molar-refractivity contribution is 0.373. The van der Waals surface area contributed by atoms with Gasteiger partial charge in [-0.3, -0.25) is 0 Å². The summed E-state index contributed by atoms with van der Waals surface area (Å²) < 4.78 is 5.07. The first-order valence-electron chi connectivity index (χ1n) is 3.58. The maximum Gasteiger partial charge on any atom is 0.216 e. The molecule has 0 aromatic heterocycles. The van der Waals surface area contributed by atoms with Gasteiger partial charge in [0.15, 0.2) is 6.26 Å². The van der Waals surface area contributed by atoms with Crippen LogP contribution in [-0.4, -0.2) is 11.8 Å². The topological polar surface area (TPSA) is 34.0 Å². The van der Waals surface area contributed by atoms with E-state index >= 15 is 0 Å². The van der Waals surface area contributed by atoms with Gasteiger partial charge in [0.25, 0.3) is 0 Å². The third-order valence-corrected chi connectivity index (χ3v) is 1.15. The molecular formula is C8H12N2O. The lowest BCUT2D eigenvalue weighted by Crippen LogP contribution is -2.14. The Kier molecular flexibility index (Phi) is 2.11. The number of nitrogens with zero attached hydrogens (tertiary/aromatic N) is 2. The van der Waals surface area contributed by atoms with Crippen LogP contribution in [-0.2, 0) is 4.74 Å². The van der Waals surface area contributed by atoms with Gasteiger partial charge in [0.1, 0.15) is 0 Å². The highest BCUT2D eigenvalue weighted by atomic mass is 16.5. The van der Waals surface area contributed by atoms with E-state index in [2.05, 4.69) is 36.8 Å². The summed E-state index contributed by atoms with van der Waals surface area (Å²) >= 11 is 0. The fourth-order valence-electron chi connectivity index (χ4n) is 0.757. The highest BCUT2D eigenvalue weighted by Crippen LogP contribution is 2.20. The third-order valence-electron chi connectivity index (χ3n) is 1.15. The second kappa shape index (κ2) is 2.89. The van der Waals surface area contributed by atoms with Crippen molar-refractivity contribution in [1.82, 2.24) is 0 Å². The molecule has 0 bridgehead atoms. The molecule has 1 aliphatic rings. The third kappa shape index (κ3) is 3.01. The first-order valence-corrected chi connectivity index (χ1v) is 3.58. The van der Waals surface area contributed by atoms with E-state index in [0.29, 0.717) is 5.90 Å². The Labute approximate surface area is 66.5 Å². The van der Waals surface area contributed by atoms with Gasteiger partial charge in [-0.25, -0.2) is 0 Å². The van der Waals surface area contributed by atoms with E-state index in [0.717, 1.165) is 6.42 Å². The minimum absolute atomic E-state index is 0.194. The molecule has 3 nitrogen and oxygen atoms in total. The van der Waals surface area contributed by atoms with Crippen LogP contribution in [0.3, 0.4) is 0 Å². The van der Waals surface area contributed by atoms with Crippen molar-refractivity contribution in [2.45, 2.75) is 27.2 Å². The maximum atomic E-state index is 5.07. The molecule has 11 heavy (non-hydrogen) atoms. The van der Waals surface area contributed by atoms with E-state index in [-0.39, 0.29) is 5.41 Å². The molecule has 0 amide bonds. The van der Waals surface area contributed by atoms with E-state index < -0.39 is 0 Å². The zero-order chi connectivity index (χ0) is 8.32. The van der Waals surface area contributed by atoms with Crippen LogP contribution in [0.15, 0.2) is 16.5 Å². The molecule has 0 saturated heterocycles. The van der Waals surface area contributed by atoms with Crippen molar-refractivity contribution in [2.75, 3.05) is 0 Å². The Morgan fingerprint density at radius 2 is 2.27 bits per heavy atom. The van der Waals surface area contributed by atoms with Gasteiger partial charge >= 0.3 is 0 Å². The van der Waals surface area contributed by atoms with Crippen LogP contribution in [0.5, 0.6) is 0 Å². The lowest BCUT2D eigenvalue weighted by atomic mass is 9.92. The first kappa shape index (κ1) is 8.02. The number of hydrogen-bond donors (Lipinski definition) is 0. The molecule has 3 heteroatoms. The largest absolute Gasteiger partial charge is 0.439 e. The highest BCUT2D eigenvalue weighted by Gasteiger charge is 2.15. The number of ether oxygens (including phenoxy) is 1.